The maximum Gasteiger partial charge on any atom is 0.160 e. The third-order valence-electron chi connectivity index (χ3n) is 17.6. The molecule has 7 heteroatoms. The summed E-state index contributed by atoms with van der Waals surface area (Å²) in [6.07, 6.45) is 0. The number of aromatic nitrogens is 4. The first-order valence-corrected chi connectivity index (χ1v) is 28.0. The molecule has 0 bridgehead atoms. The van der Waals surface area contributed by atoms with Gasteiger partial charge in [0, 0.05) is 53.9 Å². The van der Waals surface area contributed by atoms with Gasteiger partial charge >= 0.3 is 0 Å². The van der Waals surface area contributed by atoms with Crippen LogP contribution in [-0.2, 0) is 0 Å². The van der Waals surface area contributed by atoms with Crippen molar-refractivity contribution < 1.29 is 4.42 Å². The number of fused-ring (bicyclic) bond motifs is 19. The van der Waals surface area contributed by atoms with E-state index < -0.39 is 0 Å². The summed E-state index contributed by atoms with van der Waals surface area (Å²) in [5.74, 6) is 0. The molecule has 0 fully saturated rings. The lowest BCUT2D eigenvalue weighted by Crippen LogP contribution is -2.16. The fourth-order valence-corrected chi connectivity index (χ4v) is 14.3. The van der Waals surface area contributed by atoms with Crippen molar-refractivity contribution in [2.45, 2.75) is 0 Å². The minimum atomic E-state index is 0.376. The Kier molecular flexibility index (Phi) is 9.23. The molecule has 0 radical (unpaired) electrons. The Hall–Kier alpha value is -11.6. The van der Waals surface area contributed by atoms with E-state index in [9.17, 15) is 10.5 Å². The Balaban J connectivity index is 1.12. The van der Waals surface area contributed by atoms with Crippen LogP contribution in [0.1, 0.15) is 11.1 Å². The highest BCUT2D eigenvalue weighted by molar-refractivity contribution is 6.24. The van der Waals surface area contributed by atoms with Crippen LogP contribution in [0.2, 0.25) is 0 Å². The molecular formula is C76H42N6O. The first-order valence-electron chi connectivity index (χ1n) is 28.0. The molecule has 0 unspecified atom stereocenters. The summed E-state index contributed by atoms with van der Waals surface area (Å²) in [6, 6.07) is 95.4. The van der Waals surface area contributed by atoms with E-state index in [1.807, 2.05) is 12.1 Å². The highest BCUT2D eigenvalue weighted by atomic mass is 16.3. The van der Waals surface area contributed by atoms with Crippen LogP contribution in [-0.4, -0.2) is 18.3 Å². The average Bonchev–Trinajstić information content (AvgIpc) is 3.11. The van der Waals surface area contributed by atoms with Crippen molar-refractivity contribution in [3.05, 3.63) is 266 Å². The number of hydrogen-bond donors (Lipinski definition) is 0. The fraction of sp³-hybridized carbons (Fsp3) is 0. The summed E-state index contributed by atoms with van der Waals surface area (Å²) in [4.78, 5) is 0. The smallest absolute Gasteiger partial charge is 0.160 e. The lowest BCUT2D eigenvalue weighted by molar-refractivity contribution is 0.671. The van der Waals surface area contributed by atoms with Gasteiger partial charge in [-0.15, -0.1) is 0 Å². The van der Waals surface area contributed by atoms with E-state index in [2.05, 4.69) is 273 Å². The molecule has 83 heavy (non-hydrogen) atoms. The van der Waals surface area contributed by atoms with Crippen LogP contribution in [0.25, 0.3) is 165 Å². The fourth-order valence-electron chi connectivity index (χ4n) is 14.3. The topological polar surface area (TPSA) is 80.4 Å². The van der Waals surface area contributed by atoms with Crippen LogP contribution in [0.4, 0.5) is 0 Å². The van der Waals surface area contributed by atoms with Crippen LogP contribution in [0, 0.1) is 22.7 Å². The maximum absolute atomic E-state index is 13.0. The number of benzene rings is 13. The third-order valence-corrected chi connectivity index (χ3v) is 17.6. The molecule has 13 aromatic carbocycles. The minimum Gasteiger partial charge on any atom is -0.454 e. The second-order valence-electron chi connectivity index (χ2n) is 21.7. The number of hydrogen-bond acceptors (Lipinski definition) is 3. The highest BCUT2D eigenvalue weighted by Crippen LogP contribution is 2.51. The van der Waals surface area contributed by atoms with E-state index in [1.54, 1.807) is 0 Å². The van der Waals surface area contributed by atoms with Crippen LogP contribution < -0.4 is 0 Å². The van der Waals surface area contributed by atoms with Gasteiger partial charge in [-0.2, -0.15) is 10.5 Å². The summed E-state index contributed by atoms with van der Waals surface area (Å²) < 4.78 is 16.2. The lowest BCUT2D eigenvalue weighted by atomic mass is 9.93. The Morgan fingerprint density at radius 2 is 0.687 bits per heavy atom. The van der Waals surface area contributed by atoms with Gasteiger partial charge in [-0.25, -0.2) is 0 Å². The molecule has 0 atom stereocenters. The van der Waals surface area contributed by atoms with E-state index in [0.717, 1.165) is 120 Å². The van der Waals surface area contributed by atoms with Gasteiger partial charge in [0.15, 0.2) is 5.58 Å². The highest BCUT2D eigenvalue weighted by Gasteiger charge is 2.35. The van der Waals surface area contributed by atoms with Crippen molar-refractivity contribution in [3.8, 4) is 46.0 Å². The Morgan fingerprint density at radius 3 is 1.19 bits per heavy atom. The molecule has 7 nitrogen and oxygen atoms in total. The van der Waals surface area contributed by atoms with Crippen LogP contribution in [0.5, 0.6) is 0 Å². The van der Waals surface area contributed by atoms with Crippen molar-refractivity contribution in [1.82, 2.24) is 18.3 Å². The molecule has 5 heterocycles. The molecule has 382 valence electrons. The Morgan fingerprint density at radius 1 is 0.289 bits per heavy atom. The predicted octanol–water partition coefficient (Wildman–Crippen LogP) is 19.7. The van der Waals surface area contributed by atoms with Crippen LogP contribution in [0.15, 0.2) is 259 Å². The Labute approximate surface area is 473 Å². The molecule has 18 aromatic rings. The molecular weight excluding hydrogens is 1010 g/mol. The largest absolute Gasteiger partial charge is 0.454 e. The first-order chi connectivity index (χ1) is 41.2. The standard InChI is InChI=1S/C76H42N6O/c77-43-60-71(79-62-29-10-3-21-50(62)51-22-4-11-30-63(51)79)72(80-64-31-12-5-23-52(64)53-24-6-13-32-65(53)80)61(44-78)74(73(60)81-66-33-14-7-25-54(66)55-26-8-15-34-67(55)81)82-68-41-38-47(49-28-17-19-46-37-36-45-18-1-2-20-48(45)70(46)49)42-59(68)57-39-40-58-56-27-9-16-35-69(56)83-76(58)75(57)82/h1-42H. The number of furan rings is 1. The van der Waals surface area contributed by atoms with E-state index in [4.69, 9.17) is 4.42 Å². The summed E-state index contributed by atoms with van der Waals surface area (Å²) in [5.41, 5.74) is 13.7. The van der Waals surface area contributed by atoms with Gasteiger partial charge in [-0.1, -0.05) is 194 Å². The Bertz CT molecular complexity index is 5820. The quantitative estimate of drug-likeness (QED) is 0.161. The number of rotatable bonds is 5. The van der Waals surface area contributed by atoms with Crippen molar-refractivity contribution in [2.24, 2.45) is 0 Å². The van der Waals surface area contributed by atoms with Gasteiger partial charge in [0.2, 0.25) is 0 Å². The van der Waals surface area contributed by atoms with Crippen molar-refractivity contribution in [2.75, 3.05) is 0 Å². The first kappa shape index (κ1) is 45.2. The number of nitrogens with zero attached hydrogens (tertiary/aromatic N) is 6. The van der Waals surface area contributed by atoms with Crippen molar-refractivity contribution in [1.29, 1.82) is 10.5 Å². The number of nitriles is 2. The molecule has 0 aliphatic rings. The molecule has 0 saturated heterocycles. The van der Waals surface area contributed by atoms with E-state index in [0.29, 0.717) is 39.5 Å². The average molecular weight is 1060 g/mol. The molecule has 0 N–H and O–H groups in total. The van der Waals surface area contributed by atoms with Gasteiger partial charge in [0.25, 0.3) is 0 Å². The van der Waals surface area contributed by atoms with Crippen molar-refractivity contribution in [3.63, 3.8) is 0 Å². The van der Waals surface area contributed by atoms with E-state index >= 15 is 0 Å². The lowest BCUT2D eigenvalue weighted by Gasteiger charge is -2.27. The van der Waals surface area contributed by atoms with Gasteiger partial charge in [0.05, 0.1) is 66.9 Å². The summed E-state index contributed by atoms with van der Waals surface area (Å²) in [7, 11) is 0. The van der Waals surface area contributed by atoms with Gasteiger partial charge in [0.1, 0.15) is 28.8 Å². The van der Waals surface area contributed by atoms with Crippen LogP contribution in [0.3, 0.4) is 0 Å². The predicted molar refractivity (Wildman–Crippen MR) is 341 cm³/mol. The second-order valence-corrected chi connectivity index (χ2v) is 21.7. The minimum absolute atomic E-state index is 0.376. The van der Waals surface area contributed by atoms with Crippen LogP contribution >= 0.6 is 0 Å². The number of para-hydroxylation sites is 7. The van der Waals surface area contributed by atoms with Crippen molar-refractivity contribution >= 4 is 131 Å². The molecule has 5 aromatic heterocycles. The summed E-state index contributed by atoms with van der Waals surface area (Å²) >= 11 is 0. The monoisotopic (exact) mass is 1050 g/mol. The zero-order chi connectivity index (χ0) is 54.6. The molecule has 0 spiro atoms. The van der Waals surface area contributed by atoms with E-state index in [-0.39, 0.29) is 0 Å². The second kappa shape index (κ2) is 16.9. The molecule has 18 rings (SSSR count). The van der Waals surface area contributed by atoms with Gasteiger partial charge in [-0.05, 0) is 93.3 Å². The normalized spacial score (nSPS) is 12.1. The van der Waals surface area contributed by atoms with Gasteiger partial charge < -0.3 is 22.7 Å². The van der Waals surface area contributed by atoms with Gasteiger partial charge in [-0.3, -0.25) is 0 Å². The van der Waals surface area contributed by atoms with E-state index in [1.165, 1.54) is 16.2 Å². The molecule has 0 aliphatic heterocycles. The zero-order valence-corrected chi connectivity index (χ0v) is 44.3. The molecule has 0 aliphatic carbocycles. The SMILES string of the molecule is N#Cc1c(-n2c3ccccc3c3ccccc32)c(-n2c3ccccc3c3ccccc32)c(C#N)c(-n2c3ccc(-c4cccc5ccc6ccccc6c45)cc3c3ccc4c5ccccc5oc4c32)c1-n1c2ccccc2c2ccccc21. The zero-order valence-electron chi connectivity index (χ0n) is 44.3. The summed E-state index contributed by atoms with van der Waals surface area (Å²) in [5, 5.41) is 40.5. The maximum atomic E-state index is 13.0. The third kappa shape index (κ3) is 6.04. The molecule has 0 amide bonds. The summed E-state index contributed by atoms with van der Waals surface area (Å²) in [6.45, 7) is 0. The molecule has 0 saturated carbocycles.